The van der Waals surface area contributed by atoms with E-state index in [0.29, 0.717) is 37.4 Å². The molecule has 2 N–H and O–H groups in total. The van der Waals surface area contributed by atoms with E-state index in [1.54, 1.807) is 0 Å². The fourth-order valence-electron chi connectivity index (χ4n) is 5.89. The van der Waals surface area contributed by atoms with E-state index in [-0.39, 0.29) is 49.7 Å². The number of aliphatic hydroxyl groups excluding tert-OH is 1. The Morgan fingerprint density at radius 3 is 2.41 bits per heavy atom. The van der Waals surface area contributed by atoms with Gasteiger partial charge in [-0.25, -0.2) is 19.2 Å². The van der Waals surface area contributed by atoms with Gasteiger partial charge in [-0.3, -0.25) is 4.79 Å². The topological polar surface area (TPSA) is 116 Å². The second kappa shape index (κ2) is 11.5. The van der Waals surface area contributed by atoms with Gasteiger partial charge in [-0.1, -0.05) is 12.5 Å². The van der Waals surface area contributed by atoms with Crippen LogP contribution in [0.3, 0.4) is 0 Å². The second-order valence-corrected chi connectivity index (χ2v) is 11.3. The number of likely N-dealkylation sites (tertiary alicyclic amines) is 2. The van der Waals surface area contributed by atoms with Crippen molar-refractivity contribution >= 4 is 11.9 Å². The third kappa shape index (κ3) is 6.15. The van der Waals surface area contributed by atoms with Gasteiger partial charge < -0.3 is 24.7 Å². The normalized spacial score (nSPS) is 23.3. The van der Waals surface area contributed by atoms with Gasteiger partial charge in [0.15, 0.2) is 0 Å². The molecule has 3 fully saturated rings. The summed E-state index contributed by atoms with van der Waals surface area (Å²) in [5.41, 5.74) is -1.18. The van der Waals surface area contributed by atoms with E-state index in [1.807, 2.05) is 4.90 Å². The van der Waals surface area contributed by atoms with Crippen LogP contribution in [0.1, 0.15) is 48.9 Å². The van der Waals surface area contributed by atoms with Gasteiger partial charge in [-0.05, 0) is 56.8 Å². The molecule has 41 heavy (non-hydrogen) atoms. The van der Waals surface area contributed by atoms with Crippen LogP contribution < -0.4 is 4.74 Å². The lowest BCUT2D eigenvalue weighted by molar-refractivity contribution is -0.256. The summed E-state index contributed by atoms with van der Waals surface area (Å²) >= 11 is 0. The maximum Gasteiger partial charge on any atom is 0.395 e. The van der Waals surface area contributed by atoms with E-state index in [9.17, 15) is 37.4 Å². The highest BCUT2D eigenvalue weighted by atomic mass is 19.4. The minimum absolute atomic E-state index is 0.0665. The average Bonchev–Trinajstić information content (AvgIpc) is 3.31. The molecule has 2 aliphatic heterocycles. The molecule has 2 saturated heterocycles. The van der Waals surface area contributed by atoms with E-state index < -0.39 is 41.4 Å². The number of carboxylic acid groups (broad SMARTS) is 1. The lowest BCUT2D eigenvalue weighted by atomic mass is 9.67. The number of amides is 1. The van der Waals surface area contributed by atoms with Crippen LogP contribution in [0, 0.1) is 17.2 Å². The number of hydrogen-bond acceptors (Lipinski definition) is 7. The average molecular weight is 581 g/mol. The lowest BCUT2D eigenvalue weighted by Gasteiger charge is -2.47. The quantitative estimate of drug-likeness (QED) is 0.454. The maximum absolute atomic E-state index is 14.9. The van der Waals surface area contributed by atoms with E-state index in [4.69, 9.17) is 4.74 Å². The number of aliphatic hydroxyl groups is 1. The minimum Gasteiger partial charge on any atom is -0.480 e. The third-order valence-corrected chi connectivity index (χ3v) is 8.56. The Bertz CT molecular complexity index is 1260. The largest absolute Gasteiger partial charge is 0.480 e. The van der Waals surface area contributed by atoms with Crippen LogP contribution in [0.5, 0.6) is 5.88 Å². The summed E-state index contributed by atoms with van der Waals surface area (Å²) in [5, 5.41) is 19.1. The van der Waals surface area contributed by atoms with Crippen molar-refractivity contribution in [2.24, 2.45) is 11.3 Å². The molecular formula is C28H32F4N4O5. The Morgan fingerprint density at radius 2 is 1.85 bits per heavy atom. The van der Waals surface area contributed by atoms with Crippen LogP contribution in [0.2, 0.25) is 0 Å². The molecule has 3 aliphatic rings. The molecule has 222 valence electrons. The first-order chi connectivity index (χ1) is 19.5. The van der Waals surface area contributed by atoms with E-state index in [0.717, 1.165) is 23.8 Å². The Kier molecular flexibility index (Phi) is 8.20. The first-order valence-corrected chi connectivity index (χ1v) is 13.7. The van der Waals surface area contributed by atoms with Gasteiger partial charge in [0, 0.05) is 25.1 Å². The molecule has 1 saturated carbocycles. The molecular weight excluding hydrogens is 548 g/mol. The number of nitrogens with zero attached hydrogens (tertiary/aromatic N) is 4. The zero-order chi connectivity index (χ0) is 29.4. The molecule has 1 aromatic heterocycles. The fraction of sp³-hybridized carbons (Fsp3) is 0.571. The molecule has 9 nitrogen and oxygen atoms in total. The van der Waals surface area contributed by atoms with Crippen LogP contribution in [-0.2, 0) is 4.79 Å². The molecule has 1 aliphatic carbocycles. The van der Waals surface area contributed by atoms with Crippen molar-refractivity contribution in [2.45, 2.75) is 56.8 Å². The number of hydrogen-bond donors (Lipinski definition) is 2. The summed E-state index contributed by atoms with van der Waals surface area (Å²) in [6.07, 6.45) is 0.0322. The molecule has 1 amide bonds. The molecule has 2 atom stereocenters. The first kappa shape index (κ1) is 29.2. The summed E-state index contributed by atoms with van der Waals surface area (Å²) < 4.78 is 61.1. The van der Waals surface area contributed by atoms with Crippen LogP contribution in [0.15, 0.2) is 30.6 Å². The summed E-state index contributed by atoms with van der Waals surface area (Å²) in [7, 11) is 0. The number of ether oxygens (including phenoxy) is 1. The second-order valence-electron chi connectivity index (χ2n) is 11.3. The summed E-state index contributed by atoms with van der Waals surface area (Å²) in [6.45, 7) is 1.42. The number of aromatic nitrogens is 2. The zero-order valence-electron chi connectivity index (χ0n) is 22.3. The van der Waals surface area contributed by atoms with Gasteiger partial charge in [0.25, 0.3) is 5.91 Å². The standard InChI is InChI=1S/C28H32F4N4O5/c29-21-10-18(2-3-20(21)25(38)36-14-19(37)11-23(36)26(39)40)22-12-34-24(13-33-22)41-15-17-4-8-35(9-5-17)16-27(6-1-7-27)28(30,31)32/h2-3,10,12-13,17,19,23,37H,1,4-9,11,14-16H2,(H,39,40)/t19-,23+/m1/s1. The van der Waals surface area contributed by atoms with Gasteiger partial charge in [-0.15, -0.1) is 0 Å². The van der Waals surface area contributed by atoms with Crippen molar-refractivity contribution in [3.8, 4) is 17.1 Å². The maximum atomic E-state index is 14.9. The van der Waals surface area contributed by atoms with Crippen LogP contribution in [-0.4, -0.2) is 93.0 Å². The van der Waals surface area contributed by atoms with Gasteiger partial charge in [0.05, 0.1) is 41.8 Å². The van der Waals surface area contributed by atoms with Gasteiger partial charge in [0.2, 0.25) is 5.88 Å². The highest BCUT2D eigenvalue weighted by Gasteiger charge is 2.58. The number of piperidine rings is 1. The fourth-order valence-corrected chi connectivity index (χ4v) is 5.89. The van der Waals surface area contributed by atoms with Crippen LogP contribution >= 0.6 is 0 Å². The molecule has 13 heteroatoms. The molecule has 0 unspecified atom stereocenters. The number of carboxylic acids is 1. The van der Waals surface area contributed by atoms with Crippen molar-refractivity contribution in [1.29, 1.82) is 0 Å². The number of β-amino-alcohol motifs (C(OH)–C–C–N with tert-alkyl or cyclic N) is 1. The molecule has 0 spiro atoms. The number of aliphatic carboxylic acids is 1. The van der Waals surface area contributed by atoms with Gasteiger partial charge in [0.1, 0.15) is 11.9 Å². The molecule has 5 rings (SSSR count). The Balaban J connectivity index is 1.13. The van der Waals surface area contributed by atoms with E-state index in [2.05, 4.69) is 9.97 Å². The van der Waals surface area contributed by atoms with Gasteiger partial charge >= 0.3 is 12.1 Å². The Hall–Kier alpha value is -3.32. The molecule has 1 aromatic carbocycles. The number of carbonyl (C=O) groups excluding carboxylic acids is 1. The number of benzene rings is 1. The van der Waals surface area contributed by atoms with Crippen molar-refractivity contribution in [3.05, 3.63) is 42.0 Å². The predicted octanol–water partition coefficient (Wildman–Crippen LogP) is 3.77. The molecule has 0 radical (unpaired) electrons. The Morgan fingerprint density at radius 1 is 1.12 bits per heavy atom. The molecule has 3 heterocycles. The van der Waals surface area contributed by atoms with Crippen molar-refractivity contribution in [3.63, 3.8) is 0 Å². The van der Waals surface area contributed by atoms with Crippen molar-refractivity contribution < 1.29 is 42.1 Å². The van der Waals surface area contributed by atoms with E-state index >= 15 is 0 Å². The first-order valence-electron chi connectivity index (χ1n) is 13.7. The summed E-state index contributed by atoms with van der Waals surface area (Å²) in [5.74, 6) is -2.49. The minimum atomic E-state index is -4.16. The highest BCUT2D eigenvalue weighted by Crippen LogP contribution is 2.53. The monoisotopic (exact) mass is 580 g/mol. The zero-order valence-corrected chi connectivity index (χ0v) is 22.3. The van der Waals surface area contributed by atoms with Crippen LogP contribution in [0.4, 0.5) is 17.6 Å². The number of rotatable bonds is 8. The predicted molar refractivity (Wildman–Crippen MR) is 138 cm³/mol. The SMILES string of the molecule is O=C(O)[C@@H]1C[C@@H](O)CN1C(=O)c1ccc(-c2cnc(OCC3CCN(CC4(C(F)(F)F)CCC4)CC3)cn2)cc1F. The van der Waals surface area contributed by atoms with Gasteiger partial charge in [-0.2, -0.15) is 13.2 Å². The highest BCUT2D eigenvalue weighted by molar-refractivity contribution is 5.97. The third-order valence-electron chi connectivity index (χ3n) is 8.56. The number of halogens is 4. The molecule has 2 aromatic rings. The van der Waals surface area contributed by atoms with E-state index in [1.165, 1.54) is 24.5 Å². The molecule has 0 bridgehead atoms. The van der Waals surface area contributed by atoms with Crippen molar-refractivity contribution in [2.75, 3.05) is 32.8 Å². The number of carbonyl (C=O) groups is 2. The number of alkyl halides is 3. The lowest BCUT2D eigenvalue weighted by Crippen LogP contribution is -2.53. The van der Waals surface area contributed by atoms with Crippen molar-refractivity contribution in [1.82, 2.24) is 19.8 Å². The summed E-state index contributed by atoms with van der Waals surface area (Å²) in [4.78, 5) is 35.6. The van der Waals surface area contributed by atoms with Crippen LogP contribution in [0.25, 0.3) is 11.3 Å². The summed E-state index contributed by atoms with van der Waals surface area (Å²) in [6, 6.07) is 2.61. The Labute approximate surface area is 234 Å². The smallest absolute Gasteiger partial charge is 0.395 e.